The fourth-order valence-electron chi connectivity index (χ4n) is 1.85. The van der Waals surface area contributed by atoms with Crippen molar-refractivity contribution in [1.82, 2.24) is 4.98 Å². The average molecular weight is 357 g/mol. The molecule has 0 amide bonds. The molecule has 1 aliphatic carbocycles. The van der Waals surface area contributed by atoms with Gasteiger partial charge in [0.1, 0.15) is 5.82 Å². The zero-order chi connectivity index (χ0) is 14.1. The Hall–Kier alpha value is -1.13. The lowest BCUT2D eigenvalue weighted by atomic mass is 10.1. The van der Waals surface area contributed by atoms with E-state index in [0.717, 1.165) is 0 Å². The first-order valence-electron chi connectivity index (χ1n) is 6.38. The summed E-state index contributed by atoms with van der Waals surface area (Å²) in [5.74, 6) is 0.826. The Labute approximate surface area is 130 Å². The molecule has 0 radical (unpaired) electrons. The Morgan fingerprint density at radius 1 is 1.35 bits per heavy atom. The van der Waals surface area contributed by atoms with Crippen LogP contribution < -0.4 is 4.74 Å². The first-order valence-corrected chi connectivity index (χ1v) is 7.55. The molecular weight excluding hydrogens is 345 g/mol. The predicted molar refractivity (Wildman–Crippen MR) is 80.6 cm³/mol. The number of benzene rings is 1. The van der Waals surface area contributed by atoms with Gasteiger partial charge in [0.05, 0.1) is 21.8 Å². The van der Waals surface area contributed by atoms with Crippen LogP contribution in [0.5, 0.6) is 5.88 Å². The van der Waals surface area contributed by atoms with Gasteiger partial charge in [-0.3, -0.25) is 0 Å². The average Bonchev–Trinajstić information content (AvgIpc) is 3.26. The molecule has 0 atom stereocenters. The highest BCUT2D eigenvalue weighted by molar-refractivity contribution is 9.10. The molecule has 1 aliphatic rings. The van der Waals surface area contributed by atoms with Gasteiger partial charge in [-0.2, -0.15) is 0 Å². The van der Waals surface area contributed by atoms with Gasteiger partial charge in [0.25, 0.3) is 0 Å². The molecule has 5 heteroatoms. The maximum Gasteiger partial charge on any atom is 0.213 e. The van der Waals surface area contributed by atoms with E-state index in [1.54, 1.807) is 6.07 Å². The number of nitrogens with zero attached hydrogens (tertiary/aromatic N) is 1. The van der Waals surface area contributed by atoms with Gasteiger partial charge in [0, 0.05) is 11.6 Å². The van der Waals surface area contributed by atoms with Gasteiger partial charge in [0.2, 0.25) is 5.88 Å². The number of hydrogen-bond acceptors (Lipinski definition) is 2. The van der Waals surface area contributed by atoms with E-state index in [0.29, 0.717) is 34.7 Å². The van der Waals surface area contributed by atoms with Crippen LogP contribution in [0.1, 0.15) is 12.8 Å². The SMILES string of the molecule is Fc1cc(-c2cccc(OCC3CC3)n2)cc(Cl)c1Br. The van der Waals surface area contributed by atoms with E-state index in [1.165, 1.54) is 18.9 Å². The minimum Gasteiger partial charge on any atom is -0.477 e. The number of aromatic nitrogens is 1. The Morgan fingerprint density at radius 3 is 2.85 bits per heavy atom. The van der Waals surface area contributed by atoms with Crippen molar-refractivity contribution in [3.8, 4) is 17.1 Å². The largest absolute Gasteiger partial charge is 0.477 e. The fourth-order valence-corrected chi connectivity index (χ4v) is 2.28. The van der Waals surface area contributed by atoms with Gasteiger partial charge in [-0.1, -0.05) is 17.7 Å². The predicted octanol–water partition coefficient (Wildman–Crippen LogP) is 5.09. The molecule has 0 saturated heterocycles. The molecule has 3 rings (SSSR count). The second-order valence-corrected chi connectivity index (χ2v) is 6.07. The quantitative estimate of drug-likeness (QED) is 0.712. The summed E-state index contributed by atoms with van der Waals surface area (Å²) in [5.41, 5.74) is 1.28. The molecule has 1 aromatic heterocycles. The van der Waals surface area contributed by atoms with Crippen molar-refractivity contribution in [2.75, 3.05) is 6.61 Å². The molecule has 1 heterocycles. The maximum absolute atomic E-state index is 13.7. The monoisotopic (exact) mass is 355 g/mol. The summed E-state index contributed by atoms with van der Waals surface area (Å²) in [6.07, 6.45) is 2.46. The third-order valence-corrected chi connectivity index (χ3v) is 4.50. The molecule has 20 heavy (non-hydrogen) atoms. The highest BCUT2D eigenvalue weighted by atomic mass is 79.9. The number of ether oxygens (including phenoxy) is 1. The van der Waals surface area contributed by atoms with E-state index in [-0.39, 0.29) is 4.47 Å². The fraction of sp³-hybridized carbons (Fsp3) is 0.267. The second-order valence-electron chi connectivity index (χ2n) is 4.87. The van der Waals surface area contributed by atoms with Crippen LogP contribution in [-0.2, 0) is 0 Å². The van der Waals surface area contributed by atoms with E-state index in [2.05, 4.69) is 20.9 Å². The van der Waals surface area contributed by atoms with Crippen LogP contribution in [0.25, 0.3) is 11.3 Å². The van der Waals surface area contributed by atoms with Crippen molar-refractivity contribution in [2.24, 2.45) is 5.92 Å². The van der Waals surface area contributed by atoms with Gasteiger partial charge in [0.15, 0.2) is 0 Å². The van der Waals surface area contributed by atoms with Crippen LogP contribution in [-0.4, -0.2) is 11.6 Å². The van der Waals surface area contributed by atoms with E-state index in [4.69, 9.17) is 16.3 Å². The Balaban J connectivity index is 1.87. The Kier molecular flexibility index (Phi) is 3.94. The molecule has 104 valence electrons. The number of hydrogen-bond donors (Lipinski definition) is 0. The maximum atomic E-state index is 13.7. The molecule has 2 aromatic rings. The third kappa shape index (κ3) is 3.13. The standard InChI is InChI=1S/C15H12BrClFNO/c16-15-11(17)6-10(7-12(15)18)13-2-1-3-14(19-13)20-8-9-4-5-9/h1-3,6-7,9H,4-5,8H2. The molecular formula is C15H12BrClFNO. The summed E-state index contributed by atoms with van der Waals surface area (Å²) in [4.78, 5) is 4.39. The van der Waals surface area contributed by atoms with Gasteiger partial charge >= 0.3 is 0 Å². The zero-order valence-electron chi connectivity index (χ0n) is 10.6. The summed E-state index contributed by atoms with van der Waals surface area (Å²) in [6.45, 7) is 0.700. The Morgan fingerprint density at radius 2 is 2.15 bits per heavy atom. The van der Waals surface area contributed by atoms with E-state index >= 15 is 0 Å². The van der Waals surface area contributed by atoms with E-state index < -0.39 is 5.82 Å². The van der Waals surface area contributed by atoms with Crippen molar-refractivity contribution < 1.29 is 9.13 Å². The minimum absolute atomic E-state index is 0.268. The lowest BCUT2D eigenvalue weighted by molar-refractivity contribution is 0.289. The molecule has 0 bridgehead atoms. The van der Waals surface area contributed by atoms with E-state index in [1.807, 2.05) is 18.2 Å². The smallest absolute Gasteiger partial charge is 0.213 e. The van der Waals surface area contributed by atoms with Crippen LogP contribution in [0.3, 0.4) is 0 Å². The van der Waals surface area contributed by atoms with Crippen molar-refractivity contribution in [2.45, 2.75) is 12.8 Å². The molecule has 0 N–H and O–H groups in total. The zero-order valence-corrected chi connectivity index (χ0v) is 12.9. The molecule has 0 spiro atoms. The molecule has 0 unspecified atom stereocenters. The van der Waals surface area contributed by atoms with Crippen LogP contribution >= 0.6 is 27.5 Å². The third-order valence-electron chi connectivity index (χ3n) is 3.17. The van der Waals surface area contributed by atoms with E-state index in [9.17, 15) is 4.39 Å². The van der Waals surface area contributed by atoms with Gasteiger partial charge in [-0.05, 0) is 52.9 Å². The highest BCUT2D eigenvalue weighted by Crippen LogP contribution is 2.32. The Bertz CT molecular complexity index is 623. The van der Waals surface area contributed by atoms with Gasteiger partial charge in [-0.25, -0.2) is 9.37 Å². The first kappa shape index (κ1) is 13.8. The van der Waals surface area contributed by atoms with Crippen molar-refractivity contribution in [3.63, 3.8) is 0 Å². The molecule has 1 aromatic carbocycles. The van der Waals surface area contributed by atoms with Crippen LogP contribution in [0.2, 0.25) is 5.02 Å². The highest BCUT2D eigenvalue weighted by Gasteiger charge is 2.22. The lowest BCUT2D eigenvalue weighted by Crippen LogP contribution is -2.01. The molecule has 1 saturated carbocycles. The minimum atomic E-state index is -0.404. The summed E-state index contributed by atoms with van der Waals surface area (Å²) in [5, 5.41) is 0.325. The molecule has 1 fully saturated rings. The van der Waals surface area contributed by atoms with Gasteiger partial charge in [-0.15, -0.1) is 0 Å². The number of pyridine rings is 1. The normalized spacial score (nSPS) is 14.3. The number of rotatable bonds is 4. The summed E-state index contributed by atoms with van der Waals surface area (Å²) < 4.78 is 19.6. The summed E-state index contributed by atoms with van der Waals surface area (Å²) in [6, 6.07) is 8.55. The van der Waals surface area contributed by atoms with Crippen LogP contribution in [0.4, 0.5) is 4.39 Å². The topological polar surface area (TPSA) is 22.1 Å². The number of halogens is 3. The van der Waals surface area contributed by atoms with Crippen LogP contribution in [0.15, 0.2) is 34.8 Å². The van der Waals surface area contributed by atoms with Crippen molar-refractivity contribution in [1.29, 1.82) is 0 Å². The molecule has 0 aliphatic heterocycles. The van der Waals surface area contributed by atoms with Crippen molar-refractivity contribution >= 4 is 27.5 Å². The second kappa shape index (κ2) is 5.70. The first-order chi connectivity index (χ1) is 9.63. The van der Waals surface area contributed by atoms with Gasteiger partial charge < -0.3 is 4.74 Å². The van der Waals surface area contributed by atoms with Crippen LogP contribution in [0, 0.1) is 11.7 Å². The van der Waals surface area contributed by atoms with Crippen molar-refractivity contribution in [3.05, 3.63) is 45.6 Å². The summed E-state index contributed by atoms with van der Waals surface area (Å²) in [7, 11) is 0. The molecule has 2 nitrogen and oxygen atoms in total. The summed E-state index contributed by atoms with van der Waals surface area (Å²) >= 11 is 9.07. The lowest BCUT2D eigenvalue weighted by Gasteiger charge is -2.08.